The third-order valence-corrected chi connectivity index (χ3v) is 4.50. The van der Waals surface area contributed by atoms with Crippen molar-refractivity contribution in [3.8, 4) is 0 Å². The van der Waals surface area contributed by atoms with Gasteiger partial charge in [0.05, 0.1) is 0 Å². The van der Waals surface area contributed by atoms with Crippen molar-refractivity contribution in [1.82, 2.24) is 23.8 Å². The Kier molecular flexibility index (Phi) is 3.64. The molecule has 0 saturated heterocycles. The maximum Gasteiger partial charge on any atom is 0.345 e. The average molecular weight is 303 g/mol. The predicted molar refractivity (Wildman–Crippen MR) is 81.7 cm³/mol. The normalized spacial score (nSPS) is 17.9. The number of carbonyl (C=O) groups is 1. The number of hydrogen-bond acceptors (Lipinski definition) is 3. The van der Waals surface area contributed by atoms with Crippen LogP contribution in [-0.2, 0) is 27.1 Å². The molecule has 1 unspecified atom stereocenters. The summed E-state index contributed by atoms with van der Waals surface area (Å²) in [6, 6.07) is 3.82. The van der Waals surface area contributed by atoms with E-state index in [1.165, 1.54) is 4.68 Å². The highest BCUT2D eigenvalue weighted by atomic mass is 16.2. The van der Waals surface area contributed by atoms with Crippen LogP contribution in [0.3, 0.4) is 0 Å². The number of aromatic nitrogens is 4. The zero-order valence-corrected chi connectivity index (χ0v) is 13.2. The van der Waals surface area contributed by atoms with Crippen molar-refractivity contribution in [3.05, 3.63) is 40.3 Å². The first-order chi connectivity index (χ1) is 10.5. The molecule has 118 valence electrons. The zero-order chi connectivity index (χ0) is 15.9. The van der Waals surface area contributed by atoms with Gasteiger partial charge in [-0.15, -0.1) is 0 Å². The van der Waals surface area contributed by atoms with Gasteiger partial charge in [-0.1, -0.05) is 0 Å². The molecule has 0 saturated carbocycles. The van der Waals surface area contributed by atoms with Crippen LogP contribution in [-0.4, -0.2) is 42.8 Å². The Hall–Kier alpha value is -2.31. The van der Waals surface area contributed by atoms with Crippen molar-refractivity contribution in [2.75, 3.05) is 7.05 Å². The number of amides is 1. The summed E-state index contributed by atoms with van der Waals surface area (Å²) in [5.41, 5.74) is 0.604. The minimum atomic E-state index is -0.0768. The lowest BCUT2D eigenvalue weighted by atomic mass is 10.1. The maximum atomic E-state index is 12.6. The maximum absolute atomic E-state index is 12.6. The molecule has 0 aliphatic carbocycles. The molecule has 7 nitrogen and oxygen atoms in total. The lowest BCUT2D eigenvalue weighted by Gasteiger charge is -2.27. The van der Waals surface area contributed by atoms with Gasteiger partial charge in [-0.3, -0.25) is 9.36 Å². The van der Waals surface area contributed by atoms with Crippen molar-refractivity contribution in [3.63, 3.8) is 0 Å². The van der Waals surface area contributed by atoms with E-state index in [0.717, 1.165) is 18.7 Å². The first kappa shape index (κ1) is 14.6. The number of hydrogen-bond donors (Lipinski definition) is 0. The van der Waals surface area contributed by atoms with Crippen LogP contribution < -0.4 is 5.69 Å². The number of nitrogens with zero attached hydrogens (tertiary/aromatic N) is 5. The molecule has 3 heterocycles. The van der Waals surface area contributed by atoms with E-state index in [0.29, 0.717) is 18.7 Å². The van der Waals surface area contributed by atoms with E-state index in [2.05, 4.69) is 5.10 Å². The molecule has 0 fully saturated rings. The Labute approximate surface area is 128 Å². The summed E-state index contributed by atoms with van der Waals surface area (Å²) in [5.74, 6) is 0.833. The van der Waals surface area contributed by atoms with Crippen LogP contribution in [0, 0.1) is 0 Å². The van der Waals surface area contributed by atoms with E-state index in [1.807, 2.05) is 37.0 Å². The van der Waals surface area contributed by atoms with Crippen LogP contribution in [0.15, 0.2) is 23.1 Å². The van der Waals surface area contributed by atoms with Crippen molar-refractivity contribution in [2.45, 2.75) is 31.8 Å². The molecule has 22 heavy (non-hydrogen) atoms. The van der Waals surface area contributed by atoms with Crippen LogP contribution in [0.2, 0.25) is 0 Å². The van der Waals surface area contributed by atoms with Crippen LogP contribution in [0.4, 0.5) is 0 Å². The highest BCUT2D eigenvalue weighted by Gasteiger charge is 2.26. The largest absolute Gasteiger partial charge is 0.347 e. The molecule has 0 N–H and O–H groups in total. The molecule has 0 bridgehead atoms. The van der Waals surface area contributed by atoms with Gasteiger partial charge in [0.25, 0.3) is 5.91 Å². The van der Waals surface area contributed by atoms with Crippen molar-refractivity contribution in [1.29, 1.82) is 0 Å². The summed E-state index contributed by atoms with van der Waals surface area (Å²) < 4.78 is 4.94. The predicted octanol–water partition coefficient (Wildman–Crippen LogP) is 0.397. The molecule has 0 radical (unpaired) electrons. The Bertz CT molecular complexity index is 754. The smallest absolute Gasteiger partial charge is 0.345 e. The van der Waals surface area contributed by atoms with E-state index < -0.39 is 0 Å². The van der Waals surface area contributed by atoms with E-state index in [4.69, 9.17) is 0 Å². The van der Waals surface area contributed by atoms with Gasteiger partial charge in [0.1, 0.15) is 11.5 Å². The zero-order valence-electron chi connectivity index (χ0n) is 13.2. The number of rotatable bonds is 2. The first-order valence-corrected chi connectivity index (χ1v) is 7.50. The van der Waals surface area contributed by atoms with Gasteiger partial charge in [0, 0.05) is 46.3 Å². The summed E-state index contributed by atoms with van der Waals surface area (Å²) in [4.78, 5) is 26.4. The summed E-state index contributed by atoms with van der Waals surface area (Å²) in [6.45, 7) is 0.609. The Balaban J connectivity index is 1.76. The molecule has 0 aromatic carbocycles. The lowest BCUT2D eigenvalue weighted by Crippen LogP contribution is -2.38. The van der Waals surface area contributed by atoms with Crippen molar-refractivity contribution in [2.24, 2.45) is 14.1 Å². The van der Waals surface area contributed by atoms with Crippen molar-refractivity contribution >= 4 is 5.91 Å². The van der Waals surface area contributed by atoms with E-state index >= 15 is 0 Å². The van der Waals surface area contributed by atoms with Crippen molar-refractivity contribution < 1.29 is 4.79 Å². The van der Waals surface area contributed by atoms with Crippen LogP contribution in [0.1, 0.15) is 29.2 Å². The van der Waals surface area contributed by atoms with E-state index in [-0.39, 0.29) is 17.6 Å². The fraction of sp³-hybridized carbons (Fsp3) is 0.533. The fourth-order valence-electron chi connectivity index (χ4n) is 3.10. The molecule has 1 atom stereocenters. The Morgan fingerprint density at radius 2 is 2.14 bits per heavy atom. The first-order valence-electron chi connectivity index (χ1n) is 7.50. The SMILES string of the molecule is CN(C(=O)c1cccn1C)C1CCc2nn(C)c(=O)n2CC1. The van der Waals surface area contributed by atoms with Gasteiger partial charge in [-0.05, 0) is 25.0 Å². The van der Waals surface area contributed by atoms with Gasteiger partial charge >= 0.3 is 5.69 Å². The highest BCUT2D eigenvalue weighted by molar-refractivity contribution is 5.92. The second kappa shape index (κ2) is 5.47. The highest BCUT2D eigenvalue weighted by Crippen LogP contribution is 2.18. The second-order valence-corrected chi connectivity index (χ2v) is 5.88. The molecular formula is C15H21N5O2. The molecular weight excluding hydrogens is 282 g/mol. The van der Waals surface area contributed by atoms with Gasteiger partial charge in [-0.2, -0.15) is 5.10 Å². The fourth-order valence-corrected chi connectivity index (χ4v) is 3.10. The standard InChI is InChI=1S/C15H21N5O2/c1-17-9-4-5-12(17)14(21)18(2)11-6-7-13-16-19(3)15(22)20(13)10-8-11/h4-5,9,11H,6-8,10H2,1-3H3. The van der Waals surface area contributed by atoms with Gasteiger partial charge in [0.15, 0.2) is 0 Å². The molecule has 1 aliphatic heterocycles. The molecule has 1 aliphatic rings. The van der Waals surface area contributed by atoms with E-state index in [1.54, 1.807) is 16.5 Å². The van der Waals surface area contributed by atoms with Crippen LogP contribution in [0.25, 0.3) is 0 Å². The number of aryl methyl sites for hydroxylation is 3. The van der Waals surface area contributed by atoms with E-state index in [9.17, 15) is 9.59 Å². The third-order valence-electron chi connectivity index (χ3n) is 4.50. The monoisotopic (exact) mass is 303 g/mol. The summed E-state index contributed by atoms with van der Waals surface area (Å²) in [7, 11) is 5.38. The topological polar surface area (TPSA) is 65.1 Å². The third kappa shape index (κ3) is 2.36. The van der Waals surface area contributed by atoms with Gasteiger partial charge in [0.2, 0.25) is 0 Å². The summed E-state index contributed by atoms with van der Waals surface area (Å²) in [6.07, 6.45) is 4.17. The number of carbonyl (C=O) groups excluding carboxylic acids is 1. The number of fused-ring (bicyclic) bond motifs is 1. The van der Waals surface area contributed by atoms with Gasteiger partial charge in [-0.25, -0.2) is 9.48 Å². The second-order valence-electron chi connectivity index (χ2n) is 5.88. The quantitative estimate of drug-likeness (QED) is 0.806. The molecule has 1 amide bonds. The Morgan fingerprint density at radius 1 is 1.36 bits per heavy atom. The van der Waals surface area contributed by atoms with Crippen LogP contribution >= 0.6 is 0 Å². The minimum absolute atomic E-state index is 0.0185. The molecule has 0 spiro atoms. The Morgan fingerprint density at radius 3 is 2.82 bits per heavy atom. The molecule has 2 aromatic rings. The summed E-state index contributed by atoms with van der Waals surface area (Å²) >= 11 is 0. The van der Waals surface area contributed by atoms with Gasteiger partial charge < -0.3 is 9.47 Å². The molecule has 2 aromatic heterocycles. The molecule has 7 heteroatoms. The summed E-state index contributed by atoms with van der Waals surface area (Å²) in [5, 5.41) is 4.27. The van der Waals surface area contributed by atoms with Crippen LogP contribution in [0.5, 0.6) is 0 Å². The minimum Gasteiger partial charge on any atom is -0.347 e. The lowest BCUT2D eigenvalue weighted by molar-refractivity contribution is 0.0706. The molecule has 3 rings (SSSR count). The average Bonchev–Trinajstić information content (AvgIpc) is 2.95.